The molecule has 0 bridgehead atoms. The molecule has 10 heteroatoms. The maximum atomic E-state index is 14.1. The second kappa shape index (κ2) is 9.33. The van der Waals surface area contributed by atoms with E-state index in [0.29, 0.717) is 24.6 Å². The van der Waals surface area contributed by atoms with Gasteiger partial charge in [-0.15, -0.1) is 0 Å². The molecular formula is C25H26F4N6. The number of pyridine rings is 2. The van der Waals surface area contributed by atoms with Crippen LogP contribution < -0.4 is 15.1 Å². The van der Waals surface area contributed by atoms with Gasteiger partial charge in [0.1, 0.15) is 17.5 Å². The molecule has 0 atom stereocenters. The summed E-state index contributed by atoms with van der Waals surface area (Å²) in [6.45, 7) is 4.73. The highest BCUT2D eigenvalue weighted by Gasteiger charge is 2.37. The van der Waals surface area contributed by atoms with Crippen molar-refractivity contribution < 1.29 is 17.6 Å². The topological polar surface area (TPSA) is 47.5 Å². The van der Waals surface area contributed by atoms with Crippen LogP contribution in [0.1, 0.15) is 11.1 Å². The largest absolute Gasteiger partial charge is 0.419 e. The predicted octanol–water partition coefficient (Wildman–Crippen LogP) is 4.49. The lowest BCUT2D eigenvalue weighted by Gasteiger charge is -2.33. The van der Waals surface area contributed by atoms with E-state index in [4.69, 9.17) is 0 Å². The first-order chi connectivity index (χ1) is 16.8. The lowest BCUT2D eigenvalue weighted by Crippen LogP contribution is -2.44. The molecule has 0 amide bonds. The molecule has 1 aromatic carbocycles. The van der Waals surface area contributed by atoms with E-state index in [-0.39, 0.29) is 12.1 Å². The van der Waals surface area contributed by atoms with E-state index in [1.165, 1.54) is 12.1 Å². The molecule has 5 rings (SSSR count). The number of halogens is 4. The van der Waals surface area contributed by atoms with Gasteiger partial charge in [-0.2, -0.15) is 13.2 Å². The fourth-order valence-electron chi connectivity index (χ4n) is 4.59. The van der Waals surface area contributed by atoms with E-state index in [0.717, 1.165) is 49.2 Å². The summed E-state index contributed by atoms with van der Waals surface area (Å²) in [4.78, 5) is 15.5. The Labute approximate surface area is 201 Å². The number of alkyl halides is 3. The van der Waals surface area contributed by atoms with E-state index in [2.05, 4.69) is 32.1 Å². The Bertz CT molecular complexity index is 1190. The standard InChI is InChI=1S/C25H26F4N6/c1-33-9-11-34(12-10-33)22-6-5-17(14-31-22)19-13-21-24(32-15-19)30-7-8-35(21)16-18-3-2-4-20(26)23(18)25(27,28)29/h2-6,13-15H,7-12,16H2,1H3,(H,30,32). The highest BCUT2D eigenvalue weighted by atomic mass is 19.4. The van der Waals surface area contributed by atoms with E-state index in [1.807, 2.05) is 18.2 Å². The minimum atomic E-state index is -4.77. The van der Waals surface area contributed by atoms with Gasteiger partial charge in [0.25, 0.3) is 0 Å². The molecule has 184 valence electrons. The highest BCUT2D eigenvalue weighted by molar-refractivity contribution is 5.76. The molecule has 1 N–H and O–H groups in total. The zero-order valence-corrected chi connectivity index (χ0v) is 19.3. The number of anilines is 3. The zero-order chi connectivity index (χ0) is 24.6. The zero-order valence-electron chi connectivity index (χ0n) is 19.3. The van der Waals surface area contributed by atoms with Gasteiger partial charge in [0, 0.05) is 69.3 Å². The van der Waals surface area contributed by atoms with Crippen molar-refractivity contribution in [3.8, 4) is 11.1 Å². The molecule has 0 spiro atoms. The average molecular weight is 487 g/mol. The summed E-state index contributed by atoms with van der Waals surface area (Å²) < 4.78 is 54.7. The fourth-order valence-corrected chi connectivity index (χ4v) is 4.59. The summed E-state index contributed by atoms with van der Waals surface area (Å²) in [7, 11) is 2.10. The summed E-state index contributed by atoms with van der Waals surface area (Å²) in [6, 6.07) is 9.35. The number of piperazine rings is 1. The van der Waals surface area contributed by atoms with Crippen LogP contribution in [0.4, 0.5) is 34.9 Å². The molecule has 2 aliphatic heterocycles. The lowest BCUT2D eigenvalue weighted by atomic mass is 10.0. The number of nitrogens with zero attached hydrogens (tertiary/aromatic N) is 5. The molecule has 4 heterocycles. The number of likely N-dealkylation sites (N-methyl/N-ethyl adjacent to an activating group) is 1. The van der Waals surface area contributed by atoms with Gasteiger partial charge in [0.15, 0.2) is 0 Å². The van der Waals surface area contributed by atoms with Crippen molar-refractivity contribution in [1.82, 2.24) is 14.9 Å². The van der Waals surface area contributed by atoms with Gasteiger partial charge in [0.05, 0.1) is 11.3 Å². The monoisotopic (exact) mass is 486 g/mol. The molecule has 35 heavy (non-hydrogen) atoms. The lowest BCUT2D eigenvalue weighted by molar-refractivity contribution is -0.140. The molecule has 3 aromatic rings. The summed E-state index contributed by atoms with van der Waals surface area (Å²) in [5, 5.41) is 3.19. The van der Waals surface area contributed by atoms with Gasteiger partial charge < -0.3 is 20.0 Å². The second-order valence-corrected chi connectivity index (χ2v) is 8.91. The molecule has 0 unspecified atom stereocenters. The molecule has 1 fully saturated rings. The first-order valence-corrected chi connectivity index (χ1v) is 11.5. The van der Waals surface area contributed by atoms with Crippen LogP contribution in [0, 0.1) is 5.82 Å². The van der Waals surface area contributed by atoms with Crippen LogP contribution in [-0.4, -0.2) is 61.2 Å². The molecule has 1 saturated heterocycles. The smallest absolute Gasteiger partial charge is 0.367 e. The quantitative estimate of drug-likeness (QED) is 0.549. The van der Waals surface area contributed by atoms with Crippen LogP contribution in [0.5, 0.6) is 0 Å². The molecule has 0 saturated carbocycles. The Morgan fingerprint density at radius 2 is 1.71 bits per heavy atom. The van der Waals surface area contributed by atoms with Crippen molar-refractivity contribution in [2.45, 2.75) is 12.7 Å². The van der Waals surface area contributed by atoms with Crippen molar-refractivity contribution >= 4 is 17.3 Å². The summed E-state index contributed by atoms with van der Waals surface area (Å²) >= 11 is 0. The van der Waals surface area contributed by atoms with Gasteiger partial charge in [-0.3, -0.25) is 0 Å². The van der Waals surface area contributed by atoms with Crippen LogP contribution >= 0.6 is 0 Å². The van der Waals surface area contributed by atoms with Crippen LogP contribution in [0.25, 0.3) is 11.1 Å². The van der Waals surface area contributed by atoms with Crippen molar-refractivity contribution in [2.75, 3.05) is 61.4 Å². The number of fused-ring (bicyclic) bond motifs is 1. The van der Waals surface area contributed by atoms with Gasteiger partial charge in [-0.1, -0.05) is 12.1 Å². The third kappa shape index (κ3) is 4.88. The average Bonchev–Trinajstić information content (AvgIpc) is 2.84. The minimum Gasteiger partial charge on any atom is -0.367 e. The van der Waals surface area contributed by atoms with Crippen molar-refractivity contribution in [2.24, 2.45) is 0 Å². The molecule has 0 aliphatic carbocycles. The Hall–Kier alpha value is -3.40. The minimum absolute atomic E-state index is 0.0764. The third-order valence-corrected chi connectivity index (χ3v) is 6.54. The van der Waals surface area contributed by atoms with Gasteiger partial charge in [-0.05, 0) is 36.9 Å². The molecule has 2 aromatic heterocycles. The summed E-state index contributed by atoms with van der Waals surface area (Å²) in [5.74, 6) is 0.248. The Kier molecular flexibility index (Phi) is 6.22. The van der Waals surface area contributed by atoms with Gasteiger partial charge in [-0.25, -0.2) is 14.4 Å². The van der Waals surface area contributed by atoms with Gasteiger partial charge >= 0.3 is 6.18 Å². The predicted molar refractivity (Wildman–Crippen MR) is 128 cm³/mol. The SMILES string of the molecule is CN1CCN(c2ccc(-c3cnc4c(c3)N(Cc3cccc(F)c3C(F)(F)F)CCN4)cn2)CC1. The Morgan fingerprint density at radius 3 is 2.43 bits per heavy atom. The molecule has 0 radical (unpaired) electrons. The number of rotatable bonds is 4. The molecule has 6 nitrogen and oxygen atoms in total. The van der Waals surface area contributed by atoms with E-state index in [1.54, 1.807) is 17.3 Å². The highest BCUT2D eigenvalue weighted by Crippen LogP contribution is 2.37. The van der Waals surface area contributed by atoms with Crippen molar-refractivity contribution in [3.63, 3.8) is 0 Å². The Balaban J connectivity index is 1.41. The van der Waals surface area contributed by atoms with E-state index in [9.17, 15) is 17.6 Å². The van der Waals surface area contributed by atoms with Crippen molar-refractivity contribution in [3.05, 3.63) is 65.7 Å². The van der Waals surface area contributed by atoms with Crippen LogP contribution in [0.2, 0.25) is 0 Å². The van der Waals surface area contributed by atoms with Crippen LogP contribution in [-0.2, 0) is 12.7 Å². The first-order valence-electron chi connectivity index (χ1n) is 11.5. The number of hydrogen-bond acceptors (Lipinski definition) is 6. The normalized spacial score (nSPS) is 16.7. The number of hydrogen-bond donors (Lipinski definition) is 1. The number of benzene rings is 1. The Morgan fingerprint density at radius 1 is 0.943 bits per heavy atom. The summed E-state index contributed by atoms with van der Waals surface area (Å²) in [6.07, 6.45) is -1.24. The van der Waals surface area contributed by atoms with Crippen molar-refractivity contribution in [1.29, 1.82) is 0 Å². The second-order valence-electron chi connectivity index (χ2n) is 8.91. The maximum Gasteiger partial charge on any atom is 0.419 e. The summed E-state index contributed by atoms with van der Waals surface area (Å²) in [5.41, 5.74) is 1.03. The van der Waals surface area contributed by atoms with E-state index >= 15 is 0 Å². The first kappa shape index (κ1) is 23.3. The van der Waals surface area contributed by atoms with Crippen LogP contribution in [0.3, 0.4) is 0 Å². The fraction of sp³-hybridized carbons (Fsp3) is 0.360. The maximum absolute atomic E-state index is 14.1. The number of aromatic nitrogens is 2. The molecular weight excluding hydrogens is 460 g/mol. The number of nitrogens with one attached hydrogen (secondary N) is 1. The van der Waals surface area contributed by atoms with Gasteiger partial charge in [0.2, 0.25) is 0 Å². The van der Waals surface area contributed by atoms with Crippen LogP contribution in [0.15, 0.2) is 48.8 Å². The van der Waals surface area contributed by atoms with E-state index < -0.39 is 17.6 Å². The molecule has 2 aliphatic rings. The third-order valence-electron chi connectivity index (χ3n) is 6.54.